The van der Waals surface area contributed by atoms with Gasteiger partial charge in [0.15, 0.2) is 0 Å². The fraction of sp³-hybridized carbons (Fsp3) is 0.176. The zero-order chi connectivity index (χ0) is 21.3. The first kappa shape index (κ1) is 21.5. The molecule has 2 aromatic rings. The van der Waals surface area contributed by atoms with Gasteiger partial charge >= 0.3 is 18.3 Å². The summed E-state index contributed by atoms with van der Waals surface area (Å²) in [7, 11) is 0. The lowest BCUT2D eigenvalue weighted by atomic mass is 10.1. The first-order chi connectivity index (χ1) is 12.8. The molecule has 0 aliphatic rings. The molecule has 1 amide bonds. The molecular formula is C17H10ClF6NO3. The van der Waals surface area contributed by atoms with Gasteiger partial charge in [0.1, 0.15) is 5.75 Å². The van der Waals surface area contributed by atoms with Gasteiger partial charge in [-0.15, -0.1) is 0 Å². The molecular weight excluding hydrogens is 416 g/mol. The highest BCUT2D eigenvalue weighted by molar-refractivity contribution is 6.31. The van der Waals surface area contributed by atoms with Crippen molar-refractivity contribution >= 4 is 29.2 Å². The number of rotatable bonds is 3. The second kappa shape index (κ2) is 7.70. The van der Waals surface area contributed by atoms with Crippen LogP contribution in [0.3, 0.4) is 0 Å². The molecule has 28 heavy (non-hydrogen) atoms. The van der Waals surface area contributed by atoms with Crippen LogP contribution in [0.15, 0.2) is 36.4 Å². The van der Waals surface area contributed by atoms with Crippen LogP contribution in [0, 0.1) is 0 Å². The number of carbonyl (C=O) groups excluding carboxylic acids is 2. The van der Waals surface area contributed by atoms with Crippen molar-refractivity contribution in [2.75, 3.05) is 5.32 Å². The number of esters is 1. The minimum atomic E-state index is -5.03. The van der Waals surface area contributed by atoms with Crippen LogP contribution in [0.1, 0.15) is 28.4 Å². The van der Waals surface area contributed by atoms with E-state index in [0.717, 1.165) is 19.1 Å². The minimum Gasteiger partial charge on any atom is -0.426 e. The van der Waals surface area contributed by atoms with Crippen LogP contribution in [0.25, 0.3) is 0 Å². The van der Waals surface area contributed by atoms with Crippen LogP contribution in [-0.4, -0.2) is 11.9 Å². The minimum absolute atomic E-state index is 0.0128. The van der Waals surface area contributed by atoms with Crippen LogP contribution in [0.2, 0.25) is 5.02 Å². The Balaban J connectivity index is 2.51. The average Bonchev–Trinajstić information content (AvgIpc) is 2.54. The van der Waals surface area contributed by atoms with E-state index in [2.05, 4.69) is 0 Å². The summed E-state index contributed by atoms with van der Waals surface area (Å²) in [6.45, 7) is 1.02. The van der Waals surface area contributed by atoms with Gasteiger partial charge in [-0.1, -0.05) is 11.6 Å². The maximum absolute atomic E-state index is 13.1. The molecule has 0 spiro atoms. The molecule has 0 bridgehead atoms. The smallest absolute Gasteiger partial charge is 0.418 e. The number of carbonyl (C=O) groups is 2. The second-order valence-electron chi connectivity index (χ2n) is 5.44. The number of alkyl halides is 6. The zero-order valence-corrected chi connectivity index (χ0v) is 14.6. The SMILES string of the molecule is CC(=O)Oc1ccc(Cl)cc1C(=O)Nc1cc(C(F)(F)F)ccc1C(F)(F)F. The van der Waals surface area contributed by atoms with Gasteiger partial charge in [-0.3, -0.25) is 9.59 Å². The van der Waals surface area contributed by atoms with Crippen LogP contribution >= 0.6 is 11.6 Å². The standard InChI is InChI=1S/C17H10ClF6NO3/c1-8(26)28-14-5-3-10(18)7-11(14)15(27)25-13-6-9(16(19,20)21)2-4-12(13)17(22,23)24/h2-7H,1H3,(H,25,27). The molecule has 1 N–H and O–H groups in total. The van der Waals surface area contributed by atoms with Gasteiger partial charge in [0.25, 0.3) is 5.91 Å². The Morgan fingerprint density at radius 3 is 2.14 bits per heavy atom. The molecule has 0 aromatic heterocycles. The van der Waals surface area contributed by atoms with Crippen molar-refractivity contribution in [3.8, 4) is 5.75 Å². The van der Waals surface area contributed by atoms with Gasteiger partial charge < -0.3 is 10.1 Å². The Morgan fingerprint density at radius 1 is 0.964 bits per heavy atom. The van der Waals surface area contributed by atoms with E-state index in [9.17, 15) is 35.9 Å². The van der Waals surface area contributed by atoms with E-state index in [1.54, 1.807) is 5.32 Å². The molecule has 0 radical (unpaired) electrons. The van der Waals surface area contributed by atoms with E-state index in [0.29, 0.717) is 0 Å². The van der Waals surface area contributed by atoms with Crippen molar-refractivity contribution in [1.29, 1.82) is 0 Å². The summed E-state index contributed by atoms with van der Waals surface area (Å²) in [5.41, 5.74) is -4.42. The van der Waals surface area contributed by atoms with E-state index in [1.165, 1.54) is 6.07 Å². The largest absolute Gasteiger partial charge is 0.426 e. The van der Waals surface area contributed by atoms with E-state index in [1.807, 2.05) is 0 Å². The monoisotopic (exact) mass is 425 g/mol. The highest BCUT2D eigenvalue weighted by atomic mass is 35.5. The molecule has 2 aromatic carbocycles. The molecule has 0 saturated carbocycles. The summed E-state index contributed by atoms with van der Waals surface area (Å²) < 4.78 is 82.7. The van der Waals surface area contributed by atoms with Crippen molar-refractivity contribution in [3.63, 3.8) is 0 Å². The molecule has 0 aliphatic carbocycles. The van der Waals surface area contributed by atoms with Crippen LogP contribution < -0.4 is 10.1 Å². The molecule has 150 valence electrons. The quantitative estimate of drug-likeness (QED) is 0.398. The van der Waals surface area contributed by atoms with Crippen LogP contribution in [0.4, 0.5) is 32.0 Å². The molecule has 0 unspecified atom stereocenters. The van der Waals surface area contributed by atoms with Crippen molar-refractivity contribution in [2.24, 2.45) is 0 Å². The lowest BCUT2D eigenvalue weighted by Crippen LogP contribution is -2.19. The molecule has 0 heterocycles. The molecule has 0 aliphatic heterocycles. The fourth-order valence-electron chi connectivity index (χ4n) is 2.18. The Labute approximate surface area is 159 Å². The number of anilines is 1. The number of amides is 1. The Hall–Kier alpha value is -2.75. The topological polar surface area (TPSA) is 55.4 Å². The number of ether oxygens (including phenoxy) is 1. The summed E-state index contributed by atoms with van der Waals surface area (Å²) in [6, 6.07) is 4.00. The van der Waals surface area contributed by atoms with Crippen LogP contribution in [0.5, 0.6) is 5.75 Å². The van der Waals surface area contributed by atoms with Gasteiger partial charge in [0.05, 0.1) is 22.4 Å². The van der Waals surface area contributed by atoms with Crippen molar-refractivity contribution in [3.05, 3.63) is 58.1 Å². The highest BCUT2D eigenvalue weighted by Crippen LogP contribution is 2.39. The lowest BCUT2D eigenvalue weighted by molar-refractivity contribution is -0.140. The predicted molar refractivity (Wildman–Crippen MR) is 87.2 cm³/mol. The third-order valence-electron chi connectivity index (χ3n) is 3.34. The molecule has 11 heteroatoms. The Kier molecular flexibility index (Phi) is 5.93. The normalized spacial score (nSPS) is 11.9. The molecule has 0 saturated heterocycles. The van der Waals surface area contributed by atoms with Gasteiger partial charge in [-0.25, -0.2) is 0 Å². The van der Waals surface area contributed by atoms with Gasteiger partial charge in [0.2, 0.25) is 0 Å². The van der Waals surface area contributed by atoms with Crippen molar-refractivity contribution < 1.29 is 40.7 Å². The van der Waals surface area contributed by atoms with Crippen LogP contribution in [-0.2, 0) is 17.1 Å². The molecule has 2 rings (SSSR count). The number of halogens is 7. The molecule has 4 nitrogen and oxygen atoms in total. The molecule has 0 fully saturated rings. The summed E-state index contributed by atoms with van der Waals surface area (Å²) in [6.07, 6.45) is -9.96. The van der Waals surface area contributed by atoms with E-state index in [-0.39, 0.29) is 29.0 Å². The second-order valence-corrected chi connectivity index (χ2v) is 5.88. The van der Waals surface area contributed by atoms with Crippen molar-refractivity contribution in [1.82, 2.24) is 0 Å². The average molecular weight is 426 g/mol. The zero-order valence-electron chi connectivity index (χ0n) is 13.8. The maximum Gasteiger partial charge on any atom is 0.418 e. The van der Waals surface area contributed by atoms with Gasteiger partial charge in [-0.05, 0) is 36.4 Å². The number of hydrogen-bond donors (Lipinski definition) is 1. The third kappa shape index (κ3) is 5.16. The third-order valence-corrected chi connectivity index (χ3v) is 3.58. The summed E-state index contributed by atoms with van der Waals surface area (Å²) in [5, 5.41) is 1.77. The predicted octanol–water partition coefficient (Wildman–Crippen LogP) is 5.56. The summed E-state index contributed by atoms with van der Waals surface area (Å²) in [5.74, 6) is -2.40. The molecule has 0 atom stereocenters. The van der Waals surface area contributed by atoms with E-state index in [4.69, 9.17) is 16.3 Å². The first-order valence-electron chi connectivity index (χ1n) is 7.37. The first-order valence-corrected chi connectivity index (χ1v) is 7.74. The Bertz CT molecular complexity index is 924. The van der Waals surface area contributed by atoms with E-state index < -0.39 is 46.6 Å². The maximum atomic E-state index is 13.1. The highest BCUT2D eigenvalue weighted by Gasteiger charge is 2.37. The van der Waals surface area contributed by atoms with Crippen molar-refractivity contribution in [2.45, 2.75) is 19.3 Å². The van der Waals surface area contributed by atoms with E-state index >= 15 is 0 Å². The fourth-order valence-corrected chi connectivity index (χ4v) is 2.36. The Morgan fingerprint density at radius 2 is 1.61 bits per heavy atom. The van der Waals surface area contributed by atoms with Gasteiger partial charge in [-0.2, -0.15) is 26.3 Å². The summed E-state index contributed by atoms with van der Waals surface area (Å²) in [4.78, 5) is 23.5. The number of benzene rings is 2. The number of nitrogens with one attached hydrogen (secondary N) is 1. The lowest BCUT2D eigenvalue weighted by Gasteiger charge is -2.17. The van der Waals surface area contributed by atoms with Gasteiger partial charge in [0, 0.05) is 11.9 Å². The summed E-state index contributed by atoms with van der Waals surface area (Å²) >= 11 is 5.74. The number of hydrogen-bond acceptors (Lipinski definition) is 3.